The van der Waals surface area contributed by atoms with Crippen molar-refractivity contribution < 1.29 is 18.7 Å². The van der Waals surface area contributed by atoms with E-state index in [0.717, 1.165) is 11.3 Å². The summed E-state index contributed by atoms with van der Waals surface area (Å²) in [5.74, 6) is 0.700. The minimum atomic E-state index is -0.612. The molecule has 0 saturated carbocycles. The minimum absolute atomic E-state index is 0.201. The second-order valence-corrected chi connectivity index (χ2v) is 5.03. The van der Waals surface area contributed by atoms with Gasteiger partial charge in [0.1, 0.15) is 17.3 Å². The molecule has 1 atom stereocenters. The number of benzene rings is 2. The fraction of sp³-hybridized carbons (Fsp3) is 0.278. The minimum Gasteiger partial charge on any atom is -0.497 e. The van der Waals surface area contributed by atoms with Crippen molar-refractivity contribution in [1.82, 2.24) is 5.32 Å². The van der Waals surface area contributed by atoms with Gasteiger partial charge in [-0.1, -0.05) is 19.1 Å². The van der Waals surface area contributed by atoms with Crippen LogP contribution in [0.4, 0.5) is 4.39 Å². The molecule has 0 aliphatic rings. The Bertz CT molecular complexity index is 626. The number of hydrogen-bond acceptors (Lipinski definition) is 3. The van der Waals surface area contributed by atoms with Crippen LogP contribution in [0, 0.1) is 5.82 Å². The van der Waals surface area contributed by atoms with Crippen molar-refractivity contribution in [2.24, 2.45) is 0 Å². The highest BCUT2D eigenvalue weighted by Gasteiger charge is 2.18. The van der Waals surface area contributed by atoms with Crippen molar-refractivity contribution in [2.75, 3.05) is 7.11 Å². The maximum atomic E-state index is 12.9. The molecule has 0 heterocycles. The van der Waals surface area contributed by atoms with Gasteiger partial charge in [-0.15, -0.1) is 0 Å². The quantitative estimate of drug-likeness (QED) is 0.852. The molecule has 5 heteroatoms. The van der Waals surface area contributed by atoms with Crippen molar-refractivity contribution in [2.45, 2.75) is 26.0 Å². The topological polar surface area (TPSA) is 47.6 Å². The van der Waals surface area contributed by atoms with E-state index >= 15 is 0 Å². The van der Waals surface area contributed by atoms with Crippen molar-refractivity contribution in [1.29, 1.82) is 0 Å². The lowest BCUT2D eigenvalue weighted by molar-refractivity contribution is -0.128. The Kier molecular flexibility index (Phi) is 5.97. The number of halogens is 1. The highest BCUT2D eigenvalue weighted by atomic mass is 19.1. The molecular weight excluding hydrogens is 297 g/mol. The van der Waals surface area contributed by atoms with Crippen molar-refractivity contribution in [3.05, 3.63) is 59.9 Å². The first kappa shape index (κ1) is 16.8. The van der Waals surface area contributed by atoms with Crippen LogP contribution in [0.5, 0.6) is 11.5 Å². The van der Waals surface area contributed by atoms with Gasteiger partial charge in [-0.3, -0.25) is 4.79 Å². The number of rotatable bonds is 7. The highest BCUT2D eigenvalue weighted by Crippen LogP contribution is 2.15. The molecule has 1 N–H and O–H groups in total. The summed E-state index contributed by atoms with van der Waals surface area (Å²) in [4.78, 5) is 12.2. The molecule has 0 aliphatic heterocycles. The highest BCUT2D eigenvalue weighted by molar-refractivity contribution is 5.81. The van der Waals surface area contributed by atoms with Gasteiger partial charge in [0.25, 0.3) is 5.91 Å². The van der Waals surface area contributed by atoms with Crippen LogP contribution in [0.3, 0.4) is 0 Å². The molecule has 0 aromatic heterocycles. The van der Waals surface area contributed by atoms with E-state index in [1.807, 2.05) is 31.2 Å². The Morgan fingerprint density at radius 3 is 2.26 bits per heavy atom. The molecule has 2 aromatic rings. The molecule has 0 aliphatic carbocycles. The van der Waals surface area contributed by atoms with E-state index in [1.54, 1.807) is 7.11 Å². The average Bonchev–Trinajstić information content (AvgIpc) is 2.59. The molecule has 122 valence electrons. The monoisotopic (exact) mass is 317 g/mol. The SMILES string of the molecule is CC[C@H](Oc1ccc(F)cc1)C(=O)NCc1ccc(OC)cc1. The molecule has 1 amide bonds. The lowest BCUT2D eigenvalue weighted by Crippen LogP contribution is -2.37. The van der Waals surface area contributed by atoms with E-state index in [2.05, 4.69) is 5.32 Å². The predicted molar refractivity (Wildman–Crippen MR) is 85.9 cm³/mol. The van der Waals surface area contributed by atoms with Gasteiger partial charge in [-0.05, 0) is 48.4 Å². The first-order valence-electron chi connectivity index (χ1n) is 7.45. The Morgan fingerprint density at radius 2 is 1.70 bits per heavy atom. The Hall–Kier alpha value is -2.56. The lowest BCUT2D eigenvalue weighted by atomic mass is 10.2. The second kappa shape index (κ2) is 8.17. The van der Waals surface area contributed by atoms with Crippen LogP contribution < -0.4 is 14.8 Å². The zero-order valence-electron chi connectivity index (χ0n) is 13.2. The summed E-state index contributed by atoms with van der Waals surface area (Å²) in [6, 6.07) is 13.1. The zero-order chi connectivity index (χ0) is 16.7. The average molecular weight is 317 g/mol. The third-order valence-electron chi connectivity index (χ3n) is 3.38. The molecule has 0 saturated heterocycles. The van der Waals surface area contributed by atoms with Crippen molar-refractivity contribution >= 4 is 5.91 Å². The van der Waals surface area contributed by atoms with E-state index in [1.165, 1.54) is 24.3 Å². The Morgan fingerprint density at radius 1 is 1.09 bits per heavy atom. The van der Waals surface area contributed by atoms with Gasteiger partial charge < -0.3 is 14.8 Å². The summed E-state index contributed by atoms with van der Waals surface area (Å²) < 4.78 is 23.6. The van der Waals surface area contributed by atoms with Crippen LogP contribution >= 0.6 is 0 Å². The van der Waals surface area contributed by atoms with Gasteiger partial charge >= 0.3 is 0 Å². The molecule has 4 nitrogen and oxygen atoms in total. The molecule has 2 aromatic carbocycles. The summed E-state index contributed by atoms with van der Waals surface area (Å²) in [5.41, 5.74) is 0.968. The standard InChI is InChI=1S/C18H20FNO3/c1-3-17(23-16-10-6-14(19)7-11-16)18(21)20-12-13-4-8-15(22-2)9-5-13/h4-11,17H,3,12H2,1-2H3,(H,20,21)/t17-/m0/s1. The lowest BCUT2D eigenvalue weighted by Gasteiger charge is -2.17. The van der Waals surface area contributed by atoms with Gasteiger partial charge in [0, 0.05) is 6.54 Å². The maximum absolute atomic E-state index is 12.9. The molecule has 2 rings (SSSR count). The summed E-state index contributed by atoms with van der Waals surface area (Å²) >= 11 is 0. The first-order valence-corrected chi connectivity index (χ1v) is 7.45. The van der Waals surface area contributed by atoms with Gasteiger partial charge in [0.05, 0.1) is 7.11 Å². The third kappa shape index (κ3) is 4.98. The summed E-state index contributed by atoms with van der Waals surface area (Å²) in [5, 5.41) is 2.84. The molecule has 0 unspecified atom stereocenters. The molecule has 0 radical (unpaired) electrons. The van der Waals surface area contributed by atoms with Gasteiger partial charge in [-0.2, -0.15) is 0 Å². The number of amides is 1. The fourth-order valence-corrected chi connectivity index (χ4v) is 2.05. The summed E-state index contributed by atoms with van der Waals surface area (Å²) in [6.07, 6.45) is -0.0926. The fourth-order valence-electron chi connectivity index (χ4n) is 2.05. The van der Waals surface area contributed by atoms with Crippen LogP contribution in [0.15, 0.2) is 48.5 Å². The molecule has 0 fully saturated rings. The first-order chi connectivity index (χ1) is 11.1. The van der Waals surface area contributed by atoms with Crippen LogP contribution in [0.1, 0.15) is 18.9 Å². The number of methoxy groups -OCH3 is 1. The second-order valence-electron chi connectivity index (χ2n) is 5.03. The summed E-state index contributed by atoms with van der Waals surface area (Å²) in [7, 11) is 1.61. The largest absolute Gasteiger partial charge is 0.497 e. The van der Waals surface area contributed by atoms with Gasteiger partial charge in [0.15, 0.2) is 6.10 Å². The Labute approximate surface area is 135 Å². The zero-order valence-corrected chi connectivity index (χ0v) is 13.2. The van der Waals surface area contributed by atoms with Crippen LogP contribution in [0.2, 0.25) is 0 Å². The third-order valence-corrected chi connectivity index (χ3v) is 3.38. The van der Waals surface area contributed by atoms with E-state index in [9.17, 15) is 9.18 Å². The molecule has 0 bridgehead atoms. The molecular formula is C18H20FNO3. The summed E-state index contributed by atoms with van der Waals surface area (Å²) in [6.45, 7) is 2.27. The van der Waals surface area contributed by atoms with E-state index in [0.29, 0.717) is 18.7 Å². The van der Waals surface area contributed by atoms with Gasteiger partial charge in [-0.25, -0.2) is 4.39 Å². The maximum Gasteiger partial charge on any atom is 0.261 e. The smallest absolute Gasteiger partial charge is 0.261 e. The van der Waals surface area contributed by atoms with Crippen LogP contribution in [-0.2, 0) is 11.3 Å². The van der Waals surface area contributed by atoms with Crippen LogP contribution in [0.25, 0.3) is 0 Å². The number of hydrogen-bond donors (Lipinski definition) is 1. The molecule has 23 heavy (non-hydrogen) atoms. The Balaban J connectivity index is 1.90. The number of carbonyl (C=O) groups excluding carboxylic acids is 1. The van der Waals surface area contributed by atoms with Crippen LogP contribution in [-0.4, -0.2) is 19.1 Å². The van der Waals surface area contributed by atoms with Crippen molar-refractivity contribution in [3.8, 4) is 11.5 Å². The van der Waals surface area contributed by atoms with E-state index in [-0.39, 0.29) is 11.7 Å². The number of carbonyl (C=O) groups is 1. The predicted octanol–water partition coefficient (Wildman–Crippen LogP) is 3.31. The normalized spacial score (nSPS) is 11.6. The number of ether oxygens (including phenoxy) is 2. The van der Waals surface area contributed by atoms with Gasteiger partial charge in [0.2, 0.25) is 0 Å². The van der Waals surface area contributed by atoms with Crippen molar-refractivity contribution in [3.63, 3.8) is 0 Å². The molecule has 0 spiro atoms. The number of nitrogens with one attached hydrogen (secondary N) is 1. The van der Waals surface area contributed by atoms with E-state index in [4.69, 9.17) is 9.47 Å². The van der Waals surface area contributed by atoms with E-state index < -0.39 is 6.10 Å².